The largest absolute Gasteiger partial charge is 0.449 e. The highest BCUT2D eigenvalue weighted by Gasteiger charge is 2.72. The number of hydrogen-bond donors (Lipinski definition) is 1. The van der Waals surface area contributed by atoms with Crippen LogP contribution in [0.25, 0.3) is 11.1 Å². The van der Waals surface area contributed by atoms with Crippen LogP contribution >= 0.6 is 0 Å². The van der Waals surface area contributed by atoms with Gasteiger partial charge >= 0.3 is 6.09 Å². The molecule has 2 aromatic carbocycles. The Labute approximate surface area is 224 Å². The molecular weight excluding hydrogens is 500 g/mol. The van der Waals surface area contributed by atoms with Gasteiger partial charge in [0.15, 0.2) is 0 Å². The van der Waals surface area contributed by atoms with Crippen LogP contribution in [0.15, 0.2) is 61.2 Å². The zero-order chi connectivity index (χ0) is 26.9. The lowest BCUT2D eigenvalue weighted by Crippen LogP contribution is -2.52. The molecule has 200 valence electrons. The molecule has 7 nitrogen and oxygen atoms in total. The van der Waals surface area contributed by atoms with Gasteiger partial charge in [-0.3, -0.25) is 4.79 Å². The Bertz CT molecular complexity index is 1390. The van der Waals surface area contributed by atoms with Gasteiger partial charge in [0.05, 0.1) is 11.8 Å². The van der Waals surface area contributed by atoms with Crippen LogP contribution in [0.2, 0.25) is 0 Å². The Morgan fingerprint density at radius 3 is 2.37 bits per heavy atom. The number of hydrogen-bond acceptors (Lipinski definition) is 5. The molecule has 0 aromatic heterocycles. The molecule has 1 N–H and O–H groups in total. The lowest BCUT2D eigenvalue weighted by molar-refractivity contribution is -0.131. The molecule has 0 radical (unpaired) electrons. The second-order valence-corrected chi connectivity index (χ2v) is 13.6. The van der Waals surface area contributed by atoms with Crippen molar-refractivity contribution in [1.82, 2.24) is 9.62 Å². The van der Waals surface area contributed by atoms with Crippen LogP contribution < -0.4 is 5.32 Å². The first-order valence-corrected chi connectivity index (χ1v) is 15.0. The number of sulfonamides is 1. The maximum absolute atomic E-state index is 13.7. The van der Waals surface area contributed by atoms with E-state index < -0.39 is 33.5 Å². The maximum Gasteiger partial charge on any atom is 0.407 e. The Morgan fingerprint density at radius 1 is 1.13 bits per heavy atom. The molecule has 2 bridgehead atoms. The summed E-state index contributed by atoms with van der Waals surface area (Å²) in [6.07, 6.45) is 3.38. The van der Waals surface area contributed by atoms with Gasteiger partial charge in [-0.15, -0.1) is 6.58 Å². The van der Waals surface area contributed by atoms with E-state index in [9.17, 15) is 18.0 Å². The van der Waals surface area contributed by atoms with Gasteiger partial charge in [-0.25, -0.2) is 17.5 Å². The van der Waals surface area contributed by atoms with Crippen molar-refractivity contribution in [3.63, 3.8) is 0 Å². The first-order valence-electron chi connectivity index (χ1n) is 13.4. The number of nitrogens with zero attached hydrogens (tertiary/aromatic N) is 1. The summed E-state index contributed by atoms with van der Waals surface area (Å²) in [5.41, 5.74) is 3.86. The molecule has 1 heterocycles. The van der Waals surface area contributed by atoms with Crippen molar-refractivity contribution < 1.29 is 22.7 Å². The predicted molar refractivity (Wildman–Crippen MR) is 145 cm³/mol. The topological polar surface area (TPSA) is 92.8 Å². The summed E-state index contributed by atoms with van der Waals surface area (Å²) in [7, 11) is -3.79. The Kier molecular flexibility index (Phi) is 5.76. The summed E-state index contributed by atoms with van der Waals surface area (Å²) >= 11 is 0. The van der Waals surface area contributed by atoms with Crippen molar-refractivity contribution in [2.45, 2.75) is 57.5 Å². The molecule has 4 atom stereocenters. The van der Waals surface area contributed by atoms with Crippen molar-refractivity contribution in [2.75, 3.05) is 12.4 Å². The summed E-state index contributed by atoms with van der Waals surface area (Å²) in [6.45, 7) is 8.12. The maximum atomic E-state index is 13.7. The van der Waals surface area contributed by atoms with E-state index in [4.69, 9.17) is 4.74 Å². The highest BCUT2D eigenvalue weighted by Crippen LogP contribution is 2.70. The first kappa shape index (κ1) is 25.2. The summed E-state index contributed by atoms with van der Waals surface area (Å²) in [4.78, 5) is 26.7. The van der Waals surface area contributed by atoms with Gasteiger partial charge in [0, 0.05) is 11.3 Å². The van der Waals surface area contributed by atoms with Crippen LogP contribution in [0.1, 0.15) is 56.6 Å². The molecule has 1 spiro atoms. The van der Waals surface area contributed by atoms with Crippen molar-refractivity contribution >= 4 is 22.0 Å². The number of alkyl carbamates (subject to hydrolysis) is 1. The molecule has 2 amide bonds. The molecule has 1 aliphatic heterocycles. The number of rotatable bonds is 6. The lowest BCUT2D eigenvalue weighted by Gasteiger charge is -2.37. The quantitative estimate of drug-likeness (QED) is 0.536. The number of benzene rings is 2. The minimum Gasteiger partial charge on any atom is -0.449 e. The fourth-order valence-electron chi connectivity index (χ4n) is 7.90. The van der Waals surface area contributed by atoms with E-state index in [1.165, 1.54) is 6.08 Å². The first-order chi connectivity index (χ1) is 18.1. The molecule has 6 rings (SSSR count). The molecule has 38 heavy (non-hydrogen) atoms. The number of amides is 2. The van der Waals surface area contributed by atoms with Crippen LogP contribution in [0.5, 0.6) is 0 Å². The van der Waals surface area contributed by atoms with E-state index in [0.717, 1.165) is 39.4 Å². The minimum absolute atomic E-state index is 0.00827. The van der Waals surface area contributed by atoms with Gasteiger partial charge in [-0.1, -0.05) is 68.5 Å². The third-order valence-electron chi connectivity index (χ3n) is 9.96. The second-order valence-electron chi connectivity index (χ2n) is 11.8. The zero-order valence-electron chi connectivity index (χ0n) is 21.9. The van der Waals surface area contributed by atoms with Gasteiger partial charge in [-0.05, 0) is 59.3 Å². The molecule has 3 aliphatic carbocycles. The highest BCUT2D eigenvalue weighted by molar-refractivity contribution is 7.90. The SMILES string of the molecule is C=CC[C@H](NC(=O)OCC1c2ccccc2-c2ccccc21)C(=O)N1[C@@H]2C[C@H]3CC[C@]2(CS1(=O)=O)C3(C)C. The summed E-state index contributed by atoms with van der Waals surface area (Å²) in [5.74, 6) is -0.322. The van der Waals surface area contributed by atoms with E-state index in [1.807, 2.05) is 36.4 Å². The van der Waals surface area contributed by atoms with E-state index in [2.05, 4.69) is 37.9 Å². The van der Waals surface area contributed by atoms with Crippen LogP contribution in [0.4, 0.5) is 4.79 Å². The number of ether oxygens (including phenoxy) is 1. The normalized spacial score (nSPS) is 28.3. The van der Waals surface area contributed by atoms with Crippen LogP contribution in [0, 0.1) is 16.7 Å². The minimum atomic E-state index is -3.79. The standard InChI is InChI=1S/C30H34N2O5S/c1-4-9-25(27(33)32-26-16-19-14-15-30(26,29(19,2)3)18-38(32,35)36)31-28(34)37-17-24-22-12-7-5-10-20(22)21-11-6-8-13-23(21)24/h4-8,10-13,19,24-26H,1,9,14-18H2,2-3H3,(H,31,34)/t19-,25+,26-,30-/m1/s1. The fraction of sp³-hybridized carbons (Fsp3) is 0.467. The number of carbonyl (C=O) groups is 2. The average molecular weight is 535 g/mol. The number of carbonyl (C=O) groups excluding carboxylic acids is 2. The van der Waals surface area contributed by atoms with Crippen LogP contribution in [-0.2, 0) is 19.6 Å². The Morgan fingerprint density at radius 2 is 1.76 bits per heavy atom. The van der Waals surface area contributed by atoms with E-state index in [-0.39, 0.29) is 36.2 Å². The molecule has 2 aromatic rings. The Hall–Kier alpha value is -3.13. The molecule has 3 fully saturated rings. The predicted octanol–water partition coefficient (Wildman–Crippen LogP) is 4.84. The summed E-state index contributed by atoms with van der Waals surface area (Å²) in [5, 5.41) is 2.66. The van der Waals surface area contributed by atoms with Crippen molar-refractivity contribution in [3.05, 3.63) is 72.3 Å². The molecule has 1 saturated heterocycles. The third kappa shape index (κ3) is 3.49. The van der Waals surface area contributed by atoms with E-state index >= 15 is 0 Å². The van der Waals surface area contributed by atoms with Gasteiger partial charge in [0.2, 0.25) is 10.0 Å². The fourth-order valence-corrected chi connectivity index (χ4v) is 10.5. The van der Waals surface area contributed by atoms with Gasteiger partial charge in [0.1, 0.15) is 12.6 Å². The number of nitrogens with one attached hydrogen (secondary N) is 1. The van der Waals surface area contributed by atoms with Gasteiger partial charge in [0.25, 0.3) is 5.91 Å². The van der Waals surface area contributed by atoms with Gasteiger partial charge in [-0.2, -0.15) is 0 Å². The lowest BCUT2D eigenvalue weighted by atomic mass is 9.69. The second kappa shape index (κ2) is 8.70. The molecule has 8 heteroatoms. The summed E-state index contributed by atoms with van der Waals surface area (Å²) in [6, 6.07) is 14.7. The molecule has 4 aliphatic rings. The highest BCUT2D eigenvalue weighted by atomic mass is 32.2. The number of fused-ring (bicyclic) bond motifs is 4. The molecule has 2 saturated carbocycles. The van der Waals surface area contributed by atoms with E-state index in [1.54, 1.807) is 0 Å². The van der Waals surface area contributed by atoms with E-state index in [0.29, 0.717) is 12.3 Å². The van der Waals surface area contributed by atoms with Crippen LogP contribution in [0.3, 0.4) is 0 Å². The Balaban J connectivity index is 1.18. The third-order valence-corrected chi connectivity index (χ3v) is 11.9. The van der Waals surface area contributed by atoms with Gasteiger partial charge < -0.3 is 10.1 Å². The molecule has 0 unspecified atom stereocenters. The smallest absolute Gasteiger partial charge is 0.407 e. The van der Waals surface area contributed by atoms with Crippen molar-refractivity contribution in [2.24, 2.45) is 16.7 Å². The molecular formula is C30H34N2O5S. The monoisotopic (exact) mass is 534 g/mol. The average Bonchev–Trinajstić information content (AvgIpc) is 3.49. The van der Waals surface area contributed by atoms with Crippen LogP contribution in [-0.4, -0.2) is 49.2 Å². The van der Waals surface area contributed by atoms with Crippen molar-refractivity contribution in [3.8, 4) is 11.1 Å². The summed E-state index contributed by atoms with van der Waals surface area (Å²) < 4.78 is 33.4. The zero-order valence-corrected chi connectivity index (χ0v) is 22.7. The van der Waals surface area contributed by atoms with Crippen molar-refractivity contribution in [1.29, 1.82) is 0 Å².